The van der Waals surface area contributed by atoms with Crippen LogP contribution >= 0.6 is 0 Å². The number of nitrogens with zero attached hydrogens (tertiary/aromatic N) is 1. The highest BCUT2D eigenvalue weighted by Crippen LogP contribution is 2.30. The Bertz CT molecular complexity index is 1110. The van der Waals surface area contributed by atoms with E-state index in [1.54, 1.807) is 12.1 Å². The lowest BCUT2D eigenvalue weighted by Crippen LogP contribution is -2.28. The Kier molecular flexibility index (Phi) is 10.1. The second-order valence-corrected chi connectivity index (χ2v) is 9.34. The van der Waals surface area contributed by atoms with Crippen molar-refractivity contribution in [1.82, 2.24) is 4.90 Å². The third-order valence-electron chi connectivity index (χ3n) is 6.58. The van der Waals surface area contributed by atoms with Gasteiger partial charge in [-0.1, -0.05) is 64.3 Å². The summed E-state index contributed by atoms with van der Waals surface area (Å²) >= 11 is 0. The number of aryl methyl sites for hydroxylation is 1. The van der Waals surface area contributed by atoms with E-state index < -0.39 is 5.97 Å². The van der Waals surface area contributed by atoms with Gasteiger partial charge in [0.1, 0.15) is 11.3 Å². The largest absolute Gasteiger partial charge is 0.478 e. The Hall–Kier alpha value is -2.92. The summed E-state index contributed by atoms with van der Waals surface area (Å²) in [7, 11) is 0. The summed E-state index contributed by atoms with van der Waals surface area (Å²) in [6.45, 7) is 9.86. The Labute approximate surface area is 209 Å². The van der Waals surface area contributed by atoms with Crippen LogP contribution in [-0.2, 0) is 12.8 Å². The van der Waals surface area contributed by atoms with E-state index in [9.17, 15) is 14.7 Å². The van der Waals surface area contributed by atoms with Crippen molar-refractivity contribution in [3.8, 4) is 0 Å². The molecule has 0 radical (unpaired) electrons. The summed E-state index contributed by atoms with van der Waals surface area (Å²) in [6.07, 6.45) is 8.34. The number of furan rings is 1. The molecule has 0 saturated carbocycles. The van der Waals surface area contributed by atoms with Crippen molar-refractivity contribution < 1.29 is 19.1 Å². The number of carbonyl (C=O) groups excluding carboxylic acids is 1. The highest BCUT2D eigenvalue weighted by Gasteiger charge is 2.23. The Balaban J connectivity index is 1.81. The predicted molar refractivity (Wildman–Crippen MR) is 142 cm³/mol. The standard InChI is InChI=1S/C30H39NO4/c1-4-7-10-27-28(25-21-24(30(33)34)15-16-26(25)35-27)29(32)23-13-11-22(12-14-23)17-20-31(18-8-5-2)19-9-6-3/h11-16,21H,4-10,17-20H2,1-3H3,(H,33,34). The highest BCUT2D eigenvalue weighted by atomic mass is 16.4. The maximum Gasteiger partial charge on any atom is 0.335 e. The molecule has 0 unspecified atom stereocenters. The zero-order valence-electron chi connectivity index (χ0n) is 21.4. The van der Waals surface area contributed by atoms with Gasteiger partial charge < -0.3 is 14.4 Å². The highest BCUT2D eigenvalue weighted by molar-refractivity contribution is 6.17. The first-order valence-corrected chi connectivity index (χ1v) is 13.1. The average Bonchev–Trinajstić information content (AvgIpc) is 3.24. The second-order valence-electron chi connectivity index (χ2n) is 9.34. The lowest BCUT2D eigenvalue weighted by Gasteiger charge is -2.22. The minimum Gasteiger partial charge on any atom is -0.478 e. The molecule has 0 spiro atoms. The molecule has 5 nitrogen and oxygen atoms in total. The molecule has 3 aromatic rings. The fraction of sp³-hybridized carbons (Fsp3) is 0.467. The fourth-order valence-electron chi connectivity index (χ4n) is 4.40. The van der Waals surface area contributed by atoms with Crippen LogP contribution in [0.15, 0.2) is 46.9 Å². The van der Waals surface area contributed by atoms with Crippen LogP contribution in [0.25, 0.3) is 11.0 Å². The number of aromatic carboxylic acids is 1. The van der Waals surface area contributed by atoms with Gasteiger partial charge in [0.05, 0.1) is 11.1 Å². The molecule has 0 bridgehead atoms. The van der Waals surface area contributed by atoms with Crippen LogP contribution in [0.4, 0.5) is 0 Å². The van der Waals surface area contributed by atoms with Gasteiger partial charge in [-0.05, 0) is 62.5 Å². The van der Waals surface area contributed by atoms with Gasteiger partial charge >= 0.3 is 5.97 Å². The van der Waals surface area contributed by atoms with Crippen molar-refractivity contribution in [2.45, 2.75) is 72.1 Å². The Morgan fingerprint density at radius 1 is 0.800 bits per heavy atom. The van der Waals surface area contributed by atoms with Crippen molar-refractivity contribution in [2.24, 2.45) is 0 Å². The molecule has 1 aromatic heterocycles. The summed E-state index contributed by atoms with van der Waals surface area (Å²) < 4.78 is 6.01. The van der Waals surface area contributed by atoms with Gasteiger partial charge in [0, 0.05) is 23.9 Å². The van der Waals surface area contributed by atoms with Crippen molar-refractivity contribution in [3.63, 3.8) is 0 Å². The molecule has 188 valence electrons. The third-order valence-corrected chi connectivity index (χ3v) is 6.58. The van der Waals surface area contributed by atoms with E-state index >= 15 is 0 Å². The van der Waals surface area contributed by atoms with E-state index in [0.29, 0.717) is 34.3 Å². The third kappa shape index (κ3) is 7.04. The molecule has 0 aliphatic heterocycles. The smallest absolute Gasteiger partial charge is 0.335 e. The maximum absolute atomic E-state index is 13.6. The summed E-state index contributed by atoms with van der Waals surface area (Å²) in [5, 5.41) is 10.0. The van der Waals surface area contributed by atoms with Crippen molar-refractivity contribution >= 4 is 22.7 Å². The zero-order chi connectivity index (χ0) is 25.2. The molecular formula is C30H39NO4. The molecule has 1 N–H and O–H groups in total. The van der Waals surface area contributed by atoms with Crippen LogP contribution < -0.4 is 0 Å². The van der Waals surface area contributed by atoms with E-state index in [1.165, 1.54) is 37.3 Å². The first-order chi connectivity index (χ1) is 17.0. The van der Waals surface area contributed by atoms with Gasteiger partial charge in [-0.2, -0.15) is 0 Å². The molecule has 0 fully saturated rings. The van der Waals surface area contributed by atoms with Gasteiger partial charge in [-0.25, -0.2) is 4.79 Å². The SMILES string of the molecule is CCCCc1oc2ccc(C(=O)O)cc2c1C(=O)c1ccc(CCN(CCCC)CCCC)cc1. The molecular weight excluding hydrogens is 438 g/mol. The molecule has 2 aromatic carbocycles. The van der Waals surface area contributed by atoms with E-state index in [2.05, 4.69) is 25.7 Å². The van der Waals surface area contributed by atoms with Crippen molar-refractivity contribution in [1.29, 1.82) is 0 Å². The quantitative estimate of drug-likeness (QED) is 0.235. The fourth-order valence-corrected chi connectivity index (χ4v) is 4.40. The molecule has 1 heterocycles. The zero-order valence-corrected chi connectivity index (χ0v) is 21.4. The molecule has 5 heteroatoms. The molecule has 0 aliphatic rings. The number of hydrogen-bond donors (Lipinski definition) is 1. The molecule has 0 amide bonds. The van der Waals surface area contributed by atoms with Gasteiger partial charge in [-0.15, -0.1) is 0 Å². The summed E-state index contributed by atoms with van der Waals surface area (Å²) in [6, 6.07) is 12.6. The van der Waals surface area contributed by atoms with Gasteiger partial charge in [-0.3, -0.25) is 4.79 Å². The lowest BCUT2D eigenvalue weighted by atomic mass is 9.96. The van der Waals surface area contributed by atoms with Crippen LogP contribution in [0, 0.1) is 0 Å². The van der Waals surface area contributed by atoms with E-state index in [1.807, 2.05) is 24.3 Å². The van der Waals surface area contributed by atoms with E-state index in [-0.39, 0.29) is 11.3 Å². The molecule has 3 rings (SSSR count). The lowest BCUT2D eigenvalue weighted by molar-refractivity contribution is 0.0696. The van der Waals surface area contributed by atoms with Gasteiger partial charge in [0.25, 0.3) is 0 Å². The van der Waals surface area contributed by atoms with E-state index in [0.717, 1.165) is 38.9 Å². The topological polar surface area (TPSA) is 70.7 Å². The molecule has 0 saturated heterocycles. The Morgan fingerprint density at radius 2 is 1.43 bits per heavy atom. The molecule has 0 atom stereocenters. The number of carboxylic acid groups (broad SMARTS) is 1. The van der Waals surface area contributed by atoms with Crippen LogP contribution in [0.5, 0.6) is 0 Å². The molecule has 0 aliphatic carbocycles. The summed E-state index contributed by atoms with van der Waals surface area (Å²) in [5.41, 5.74) is 3.02. The normalized spacial score (nSPS) is 11.4. The molecule has 35 heavy (non-hydrogen) atoms. The van der Waals surface area contributed by atoms with Crippen LogP contribution in [-0.4, -0.2) is 41.4 Å². The van der Waals surface area contributed by atoms with E-state index in [4.69, 9.17) is 4.42 Å². The predicted octanol–water partition coefficient (Wildman–Crippen LogP) is 7.15. The van der Waals surface area contributed by atoms with Crippen LogP contribution in [0.3, 0.4) is 0 Å². The average molecular weight is 478 g/mol. The number of carboxylic acids is 1. The van der Waals surface area contributed by atoms with Crippen molar-refractivity contribution in [2.75, 3.05) is 19.6 Å². The number of hydrogen-bond acceptors (Lipinski definition) is 4. The van der Waals surface area contributed by atoms with Gasteiger partial charge in [0.15, 0.2) is 5.78 Å². The van der Waals surface area contributed by atoms with Crippen molar-refractivity contribution in [3.05, 3.63) is 70.5 Å². The van der Waals surface area contributed by atoms with Gasteiger partial charge in [0.2, 0.25) is 0 Å². The second kappa shape index (κ2) is 13.2. The number of benzene rings is 2. The first kappa shape index (κ1) is 26.7. The number of ketones is 1. The van der Waals surface area contributed by atoms with Crippen LogP contribution in [0.1, 0.15) is 96.9 Å². The minimum absolute atomic E-state index is 0.114. The number of rotatable bonds is 15. The van der Waals surface area contributed by atoms with Crippen LogP contribution in [0.2, 0.25) is 0 Å². The number of unbranched alkanes of at least 4 members (excludes halogenated alkanes) is 3. The monoisotopic (exact) mass is 477 g/mol. The number of fused-ring (bicyclic) bond motifs is 1. The Morgan fingerprint density at radius 3 is 2.03 bits per heavy atom. The first-order valence-electron chi connectivity index (χ1n) is 13.1. The maximum atomic E-state index is 13.6. The number of carbonyl (C=O) groups is 2. The summed E-state index contributed by atoms with van der Waals surface area (Å²) in [5.74, 6) is -0.490. The summed E-state index contributed by atoms with van der Waals surface area (Å²) in [4.78, 5) is 27.6. The minimum atomic E-state index is -1.02.